The molecule has 24 heavy (non-hydrogen) atoms. The highest BCUT2D eigenvalue weighted by Gasteiger charge is 2.24. The zero-order chi connectivity index (χ0) is 18.8. The Labute approximate surface area is 139 Å². The van der Waals surface area contributed by atoms with E-state index in [4.69, 9.17) is 15.3 Å². The van der Waals surface area contributed by atoms with Crippen LogP contribution < -0.4 is 5.11 Å². The Kier molecular flexibility index (Phi) is 9.16. The molecule has 0 radical (unpaired) electrons. The van der Waals surface area contributed by atoms with Crippen LogP contribution >= 0.6 is 0 Å². The van der Waals surface area contributed by atoms with Crippen molar-refractivity contribution in [3.63, 3.8) is 0 Å². The fourth-order valence-electron chi connectivity index (χ4n) is 1.20. The second kappa shape index (κ2) is 10.3. The lowest BCUT2D eigenvalue weighted by Gasteiger charge is -2.18. The summed E-state index contributed by atoms with van der Waals surface area (Å²) in [6, 6.07) is 0. The topological polar surface area (TPSA) is 148 Å². The normalized spacial score (nSPS) is 20.2. The average molecular weight is 342 g/mol. The number of carboxylic acid groups (broad SMARTS) is 2. The summed E-state index contributed by atoms with van der Waals surface area (Å²) in [4.78, 5) is 27.2. The first-order valence-electron chi connectivity index (χ1n) is 6.91. The van der Waals surface area contributed by atoms with Crippen molar-refractivity contribution in [1.29, 1.82) is 0 Å². The number of quaternary nitrogens is 1. The zero-order valence-corrected chi connectivity index (χ0v) is 13.7. The Balaban J connectivity index is 0.000000340. The highest BCUT2D eigenvalue weighted by molar-refractivity contribution is 5.82. The van der Waals surface area contributed by atoms with E-state index in [9.17, 15) is 14.7 Å². The Morgan fingerprint density at radius 3 is 2.12 bits per heavy atom. The monoisotopic (exact) mass is 342 g/mol. The van der Waals surface area contributed by atoms with Crippen molar-refractivity contribution in [3.8, 4) is 0 Å². The van der Waals surface area contributed by atoms with Crippen molar-refractivity contribution in [2.75, 3.05) is 13.6 Å². The molecule has 0 aromatic carbocycles. The summed E-state index contributed by atoms with van der Waals surface area (Å²) in [5, 5.41) is 34.1. The Morgan fingerprint density at radius 1 is 1.33 bits per heavy atom. The van der Waals surface area contributed by atoms with E-state index in [-0.39, 0.29) is 0 Å². The number of hydrogen-bond acceptors (Lipinski definition) is 7. The van der Waals surface area contributed by atoms with Crippen LogP contribution in [0.15, 0.2) is 36.1 Å². The van der Waals surface area contributed by atoms with E-state index < -0.39 is 24.1 Å². The second-order valence-electron chi connectivity index (χ2n) is 5.00. The maximum Gasteiger partial charge on any atom is 0.335 e. The lowest BCUT2D eigenvalue weighted by atomic mass is 10.2. The molecule has 2 heterocycles. The molecule has 1 aliphatic heterocycles. The van der Waals surface area contributed by atoms with Gasteiger partial charge < -0.3 is 29.8 Å². The number of aliphatic hydroxyl groups excluding tert-OH is 2. The molecule has 0 fully saturated rings. The molecule has 1 aromatic heterocycles. The van der Waals surface area contributed by atoms with E-state index in [1.807, 2.05) is 30.4 Å². The predicted octanol–water partition coefficient (Wildman–Crippen LogP) is -2.07. The number of imidazole rings is 1. The van der Waals surface area contributed by atoms with Gasteiger partial charge in [-0.1, -0.05) is 0 Å². The maximum absolute atomic E-state index is 9.74. The minimum atomic E-state index is -2.38. The summed E-state index contributed by atoms with van der Waals surface area (Å²) in [7, 11) is 4.06. The minimum Gasteiger partial charge on any atom is -0.547 e. The van der Waals surface area contributed by atoms with E-state index in [0.29, 0.717) is 0 Å². The predicted molar refractivity (Wildman–Crippen MR) is 82.2 cm³/mol. The average Bonchev–Trinajstić information content (AvgIpc) is 3.18. The summed E-state index contributed by atoms with van der Waals surface area (Å²) in [5.41, 5.74) is 0. The number of aliphatic imine (C=N–C) groups is 1. The van der Waals surface area contributed by atoms with E-state index in [1.54, 1.807) is 12.5 Å². The molecule has 1 aliphatic rings. The Bertz CT molecular complexity index is 540. The molecule has 0 bridgehead atoms. The Morgan fingerprint density at radius 2 is 1.96 bits per heavy atom. The van der Waals surface area contributed by atoms with Gasteiger partial charge in [-0.05, 0) is 6.92 Å². The largest absolute Gasteiger partial charge is 0.547 e. The fourth-order valence-corrected chi connectivity index (χ4v) is 1.20. The first-order valence-corrected chi connectivity index (χ1v) is 6.91. The Hall–Kier alpha value is -2.56. The van der Waals surface area contributed by atoms with Crippen LogP contribution in [0.4, 0.5) is 0 Å². The number of carbonyl (C=O) groups is 2. The molecular weight excluding hydrogens is 320 g/mol. The SMILES string of the molecule is CC[N+]1(C)C=CN=C1.Cn1ccnc1.O=C([O-])C(O)C(O)C(=O)O. The smallest absolute Gasteiger partial charge is 0.335 e. The molecule has 3 unspecified atom stereocenters. The summed E-state index contributed by atoms with van der Waals surface area (Å²) in [6.45, 7) is 3.22. The molecule has 0 saturated heterocycles. The minimum absolute atomic E-state index is 0.847. The zero-order valence-electron chi connectivity index (χ0n) is 13.7. The number of nitrogens with zero attached hydrogens (tertiary/aromatic N) is 4. The van der Waals surface area contributed by atoms with Crippen molar-refractivity contribution in [3.05, 3.63) is 31.1 Å². The molecule has 10 nitrogen and oxygen atoms in total. The second-order valence-corrected chi connectivity index (χ2v) is 5.00. The van der Waals surface area contributed by atoms with Crippen LogP contribution in [0.25, 0.3) is 0 Å². The number of aliphatic carboxylic acids is 2. The number of aliphatic hydroxyl groups is 2. The van der Waals surface area contributed by atoms with Gasteiger partial charge in [0.25, 0.3) is 0 Å². The van der Waals surface area contributed by atoms with Crippen molar-refractivity contribution in [1.82, 2.24) is 9.55 Å². The third-order valence-electron chi connectivity index (χ3n) is 2.94. The first kappa shape index (κ1) is 21.4. The number of carbonyl (C=O) groups excluding carboxylic acids is 1. The summed E-state index contributed by atoms with van der Waals surface area (Å²) < 4.78 is 2.74. The van der Waals surface area contributed by atoms with Gasteiger partial charge in [0.15, 0.2) is 12.4 Å². The van der Waals surface area contributed by atoms with Gasteiger partial charge in [-0.3, -0.25) is 4.48 Å². The van der Waals surface area contributed by atoms with Crippen molar-refractivity contribution in [2.45, 2.75) is 19.1 Å². The maximum atomic E-state index is 9.74. The van der Waals surface area contributed by atoms with Crippen LogP contribution in [0.3, 0.4) is 0 Å². The van der Waals surface area contributed by atoms with Gasteiger partial charge in [-0.25, -0.2) is 14.8 Å². The molecule has 0 spiro atoms. The van der Waals surface area contributed by atoms with E-state index >= 15 is 0 Å². The van der Waals surface area contributed by atoms with Gasteiger partial charge in [-0.15, -0.1) is 0 Å². The van der Waals surface area contributed by atoms with E-state index in [1.165, 1.54) is 0 Å². The number of carboxylic acids is 2. The van der Waals surface area contributed by atoms with Crippen molar-refractivity contribution < 1.29 is 34.5 Å². The van der Waals surface area contributed by atoms with Crippen LogP contribution in [-0.2, 0) is 16.6 Å². The van der Waals surface area contributed by atoms with Crippen LogP contribution in [0.2, 0.25) is 0 Å². The summed E-state index contributed by atoms with van der Waals surface area (Å²) in [6.07, 6.45) is 6.52. The van der Waals surface area contributed by atoms with Crippen LogP contribution in [-0.4, -0.2) is 73.4 Å². The molecule has 10 heteroatoms. The lowest BCUT2D eigenvalue weighted by molar-refractivity contribution is -0.753. The van der Waals surface area contributed by atoms with Gasteiger partial charge >= 0.3 is 5.97 Å². The van der Waals surface area contributed by atoms with Gasteiger partial charge in [0.1, 0.15) is 12.3 Å². The molecule has 3 atom stereocenters. The molecule has 134 valence electrons. The molecule has 0 amide bonds. The molecule has 0 saturated carbocycles. The van der Waals surface area contributed by atoms with Gasteiger partial charge in [0.05, 0.1) is 32.1 Å². The van der Waals surface area contributed by atoms with Crippen molar-refractivity contribution >= 4 is 18.3 Å². The van der Waals surface area contributed by atoms with Gasteiger partial charge in [0, 0.05) is 19.4 Å². The lowest BCUT2D eigenvalue weighted by Crippen LogP contribution is -2.46. The third kappa shape index (κ3) is 8.17. The molecule has 1 aromatic rings. The van der Waals surface area contributed by atoms with Crippen LogP contribution in [0, 0.1) is 0 Å². The molecular formula is C14H22N4O6. The number of rotatable bonds is 4. The van der Waals surface area contributed by atoms with Crippen LogP contribution in [0.5, 0.6) is 0 Å². The highest BCUT2D eigenvalue weighted by Crippen LogP contribution is 2.04. The number of hydrogen-bond donors (Lipinski definition) is 3. The third-order valence-corrected chi connectivity index (χ3v) is 2.94. The van der Waals surface area contributed by atoms with Crippen LogP contribution in [0.1, 0.15) is 6.92 Å². The number of aromatic nitrogens is 2. The fraction of sp³-hybridized carbons (Fsp3) is 0.429. The quantitative estimate of drug-likeness (QED) is 0.532. The van der Waals surface area contributed by atoms with E-state index in [0.717, 1.165) is 11.0 Å². The number of aryl methyl sites for hydroxylation is 1. The first-order chi connectivity index (χ1) is 11.1. The summed E-state index contributed by atoms with van der Waals surface area (Å²) >= 11 is 0. The van der Waals surface area contributed by atoms with Gasteiger partial charge in [-0.2, -0.15) is 0 Å². The summed E-state index contributed by atoms with van der Waals surface area (Å²) in [5.74, 6) is -3.83. The standard InChI is InChI=1S/C6H11N2.C4H6N2.C4H6O6/c1-3-8(2)5-4-7-6-8;1-6-3-2-5-4-6;5-1(3(7)8)2(6)4(9)10/h4-6H,3H2,1-2H3;2-4H,1H3;1-2,5-6H,(H,7,8)(H,9,10)/q+1;;/p-1. The highest BCUT2D eigenvalue weighted by atomic mass is 16.4. The molecule has 2 rings (SSSR count). The van der Waals surface area contributed by atoms with Gasteiger partial charge in [0.2, 0.25) is 0 Å². The van der Waals surface area contributed by atoms with Crippen molar-refractivity contribution in [2.24, 2.45) is 12.0 Å². The molecule has 0 aliphatic carbocycles. The molecule has 3 N–H and O–H groups in total. The van der Waals surface area contributed by atoms with E-state index in [2.05, 4.69) is 30.1 Å².